The Balaban J connectivity index is 1.73. The van der Waals surface area contributed by atoms with E-state index in [0.29, 0.717) is 5.11 Å². The number of ether oxygens (including phenoxy) is 1. The smallest absolute Gasteiger partial charge is 0.174 e. The van der Waals surface area contributed by atoms with Crippen LogP contribution in [0.25, 0.3) is 5.69 Å². The zero-order valence-electron chi connectivity index (χ0n) is 19.8. The number of aromatic nitrogens is 2. The van der Waals surface area contributed by atoms with Crippen LogP contribution in [0.5, 0.6) is 5.75 Å². The molecule has 1 saturated heterocycles. The first-order chi connectivity index (χ1) is 16.5. The van der Waals surface area contributed by atoms with Crippen LogP contribution in [-0.4, -0.2) is 21.8 Å². The highest BCUT2D eigenvalue weighted by atomic mass is 32.1. The number of hydrogen-bond acceptors (Lipinski definition) is 3. The number of rotatable bonds is 5. The third-order valence-corrected chi connectivity index (χ3v) is 7.06. The molecule has 0 aliphatic carbocycles. The summed E-state index contributed by atoms with van der Waals surface area (Å²) < 4.78 is 7.86. The largest absolute Gasteiger partial charge is 0.497 e. The zero-order valence-corrected chi connectivity index (χ0v) is 20.6. The van der Waals surface area contributed by atoms with Crippen molar-refractivity contribution in [1.29, 1.82) is 0 Å². The summed E-state index contributed by atoms with van der Waals surface area (Å²) in [5.74, 6) is 0.798. The summed E-state index contributed by atoms with van der Waals surface area (Å²) in [5, 5.41) is 4.25. The van der Waals surface area contributed by atoms with E-state index in [1.54, 1.807) is 7.11 Å². The van der Waals surface area contributed by atoms with E-state index in [1.165, 1.54) is 22.5 Å². The minimum Gasteiger partial charge on any atom is -0.497 e. The molecule has 4 aromatic rings. The minimum absolute atomic E-state index is 0.0711. The fraction of sp³-hybridized carbons (Fsp3) is 0.214. The molecule has 2 atom stereocenters. The number of pyridine rings is 1. The van der Waals surface area contributed by atoms with E-state index in [9.17, 15) is 0 Å². The third kappa shape index (κ3) is 3.64. The molecule has 0 saturated carbocycles. The van der Waals surface area contributed by atoms with Gasteiger partial charge >= 0.3 is 0 Å². The van der Waals surface area contributed by atoms with E-state index in [4.69, 9.17) is 21.9 Å². The Kier molecular flexibility index (Phi) is 5.84. The molecule has 2 aromatic carbocycles. The van der Waals surface area contributed by atoms with Crippen LogP contribution in [0.15, 0.2) is 79.0 Å². The van der Waals surface area contributed by atoms with Crippen LogP contribution >= 0.6 is 12.2 Å². The average molecular weight is 469 g/mol. The monoisotopic (exact) mass is 468 g/mol. The van der Waals surface area contributed by atoms with Crippen LogP contribution in [0, 0.1) is 20.8 Å². The Morgan fingerprint density at radius 3 is 2.32 bits per heavy atom. The fourth-order valence-corrected chi connectivity index (χ4v) is 5.44. The summed E-state index contributed by atoms with van der Waals surface area (Å²) in [7, 11) is 1.69. The molecule has 1 fully saturated rings. The SMILES string of the molecule is COc1cccc(N2C(=S)NC(c3ccccn3)C2c2c(C)c(C)n(-c3ccccc3)c2C)c1. The summed E-state index contributed by atoms with van der Waals surface area (Å²) in [6.45, 7) is 6.59. The lowest BCUT2D eigenvalue weighted by Gasteiger charge is -2.29. The lowest BCUT2D eigenvalue weighted by molar-refractivity contribution is 0.415. The van der Waals surface area contributed by atoms with Crippen molar-refractivity contribution >= 4 is 23.0 Å². The van der Waals surface area contributed by atoms with Crippen molar-refractivity contribution in [3.63, 3.8) is 0 Å². The first kappa shape index (κ1) is 22.2. The Morgan fingerprint density at radius 1 is 0.882 bits per heavy atom. The summed E-state index contributed by atoms with van der Waals surface area (Å²) in [6, 6.07) is 24.4. The Hall–Kier alpha value is -3.64. The van der Waals surface area contributed by atoms with Crippen LogP contribution in [0.1, 0.15) is 40.3 Å². The molecule has 0 radical (unpaired) electrons. The number of thiocarbonyl (C=S) groups is 1. The van der Waals surface area contributed by atoms with E-state index in [1.807, 2.05) is 42.6 Å². The Bertz CT molecular complexity index is 1330. The maximum absolute atomic E-state index is 5.92. The van der Waals surface area contributed by atoms with E-state index in [0.717, 1.165) is 22.8 Å². The number of anilines is 1. The highest BCUT2D eigenvalue weighted by molar-refractivity contribution is 7.80. The van der Waals surface area contributed by atoms with Gasteiger partial charge in [-0.2, -0.15) is 0 Å². The van der Waals surface area contributed by atoms with E-state index in [2.05, 4.69) is 72.0 Å². The van der Waals surface area contributed by atoms with Gasteiger partial charge in [-0.3, -0.25) is 4.98 Å². The highest BCUT2D eigenvalue weighted by Crippen LogP contribution is 2.45. The van der Waals surface area contributed by atoms with Gasteiger partial charge in [0.05, 0.1) is 24.9 Å². The Morgan fingerprint density at radius 2 is 1.62 bits per heavy atom. The molecule has 0 spiro atoms. The van der Waals surface area contributed by atoms with E-state index < -0.39 is 0 Å². The second-order valence-corrected chi connectivity index (χ2v) is 8.97. The zero-order chi connectivity index (χ0) is 23.8. The number of nitrogens with zero attached hydrogens (tertiary/aromatic N) is 3. The van der Waals surface area contributed by atoms with Crippen molar-refractivity contribution in [3.8, 4) is 11.4 Å². The molecule has 1 aliphatic heterocycles. The van der Waals surface area contributed by atoms with Gasteiger partial charge in [0, 0.05) is 40.6 Å². The van der Waals surface area contributed by atoms with E-state index in [-0.39, 0.29) is 12.1 Å². The lowest BCUT2D eigenvalue weighted by atomic mass is 9.93. The minimum atomic E-state index is -0.0941. The molecule has 1 aliphatic rings. The quantitative estimate of drug-likeness (QED) is 0.365. The molecule has 5 nitrogen and oxygen atoms in total. The molecule has 34 heavy (non-hydrogen) atoms. The van der Waals surface area contributed by atoms with Gasteiger partial charge in [0.25, 0.3) is 0 Å². The van der Waals surface area contributed by atoms with Crippen molar-refractivity contribution in [1.82, 2.24) is 14.9 Å². The molecule has 0 amide bonds. The number of methoxy groups -OCH3 is 1. The van der Waals surface area contributed by atoms with Gasteiger partial charge in [0.1, 0.15) is 5.75 Å². The van der Waals surface area contributed by atoms with Gasteiger partial charge in [-0.15, -0.1) is 0 Å². The van der Waals surface area contributed by atoms with Crippen LogP contribution in [-0.2, 0) is 0 Å². The number of para-hydroxylation sites is 1. The lowest BCUT2D eigenvalue weighted by Crippen LogP contribution is -2.29. The molecule has 2 aromatic heterocycles. The average Bonchev–Trinajstić information content (AvgIpc) is 3.32. The fourth-order valence-electron chi connectivity index (χ4n) is 5.09. The molecular weight excluding hydrogens is 440 g/mol. The molecule has 6 heteroatoms. The number of nitrogens with one attached hydrogen (secondary N) is 1. The number of benzene rings is 2. The molecule has 5 rings (SSSR count). The van der Waals surface area contributed by atoms with Gasteiger partial charge in [-0.25, -0.2) is 0 Å². The molecular formula is C28H28N4OS. The second kappa shape index (κ2) is 8.95. The molecule has 3 heterocycles. The molecule has 1 N–H and O–H groups in total. The van der Waals surface area contributed by atoms with Crippen molar-refractivity contribution < 1.29 is 4.74 Å². The van der Waals surface area contributed by atoms with Crippen LogP contribution in [0.2, 0.25) is 0 Å². The predicted molar refractivity (Wildman–Crippen MR) is 141 cm³/mol. The summed E-state index contributed by atoms with van der Waals surface area (Å²) in [6.07, 6.45) is 1.84. The molecule has 2 unspecified atom stereocenters. The standard InChI is InChI=1S/C28H28N4OS/c1-18-19(2)31(21-11-6-5-7-12-21)20(3)25(18)27-26(24-15-8-9-16-29-24)30-28(34)32(27)22-13-10-14-23(17-22)33-4/h5-17,26-27H,1-4H3,(H,30,34). The maximum atomic E-state index is 5.92. The first-order valence-corrected chi connectivity index (χ1v) is 11.8. The van der Waals surface area contributed by atoms with Crippen molar-refractivity contribution in [2.75, 3.05) is 12.0 Å². The van der Waals surface area contributed by atoms with Gasteiger partial charge in [-0.1, -0.05) is 30.3 Å². The first-order valence-electron chi connectivity index (χ1n) is 11.4. The summed E-state index contributed by atoms with van der Waals surface area (Å²) in [5.41, 5.74) is 8.04. The second-order valence-electron chi connectivity index (χ2n) is 8.58. The van der Waals surface area contributed by atoms with Gasteiger partial charge in [0.2, 0.25) is 0 Å². The van der Waals surface area contributed by atoms with Gasteiger partial charge in [-0.05, 0) is 75.0 Å². The summed E-state index contributed by atoms with van der Waals surface area (Å²) >= 11 is 5.92. The normalized spacial score (nSPS) is 17.6. The van der Waals surface area contributed by atoms with Crippen molar-refractivity contribution in [2.45, 2.75) is 32.9 Å². The van der Waals surface area contributed by atoms with Gasteiger partial charge in [0.15, 0.2) is 5.11 Å². The van der Waals surface area contributed by atoms with E-state index >= 15 is 0 Å². The van der Waals surface area contributed by atoms with Crippen LogP contribution in [0.3, 0.4) is 0 Å². The maximum Gasteiger partial charge on any atom is 0.174 e. The predicted octanol–water partition coefficient (Wildman–Crippen LogP) is 5.98. The van der Waals surface area contributed by atoms with Crippen molar-refractivity contribution in [3.05, 3.63) is 107 Å². The summed E-state index contributed by atoms with van der Waals surface area (Å²) in [4.78, 5) is 6.91. The van der Waals surface area contributed by atoms with Crippen LogP contribution in [0.4, 0.5) is 5.69 Å². The topological polar surface area (TPSA) is 42.3 Å². The number of hydrogen-bond donors (Lipinski definition) is 1. The molecule has 0 bridgehead atoms. The van der Waals surface area contributed by atoms with Crippen LogP contribution < -0.4 is 15.0 Å². The Labute approximate surface area is 206 Å². The van der Waals surface area contributed by atoms with Crippen molar-refractivity contribution in [2.24, 2.45) is 0 Å². The molecule has 172 valence electrons. The van der Waals surface area contributed by atoms with Gasteiger partial charge < -0.3 is 19.5 Å². The highest BCUT2D eigenvalue weighted by Gasteiger charge is 2.43. The third-order valence-electron chi connectivity index (χ3n) is 6.75.